The maximum atomic E-state index is 6.63. The summed E-state index contributed by atoms with van der Waals surface area (Å²) in [4.78, 5) is 9.71. The molecule has 160 valence electrons. The van der Waals surface area contributed by atoms with Crippen molar-refractivity contribution in [3.63, 3.8) is 0 Å². The van der Waals surface area contributed by atoms with Crippen LogP contribution in [-0.2, 0) is 7.05 Å². The van der Waals surface area contributed by atoms with Crippen LogP contribution in [0.3, 0.4) is 0 Å². The first-order valence-corrected chi connectivity index (χ1v) is 11.2. The molecule has 0 saturated carbocycles. The fourth-order valence-electron chi connectivity index (χ4n) is 4.40. The number of furan rings is 1. The summed E-state index contributed by atoms with van der Waals surface area (Å²) >= 11 is 6.63. The molecule has 3 heterocycles. The molecule has 1 aliphatic rings. The number of hydrogen-bond donors (Lipinski definition) is 0. The topological polar surface area (TPSA) is 37.4 Å². The van der Waals surface area contributed by atoms with E-state index in [1.165, 1.54) is 5.69 Å². The molecule has 5 rings (SSSR count). The number of aryl methyl sites for hydroxylation is 1. The summed E-state index contributed by atoms with van der Waals surface area (Å²) in [5, 5.41) is 0.648. The Morgan fingerprint density at radius 1 is 0.968 bits per heavy atom. The number of hydrogen-bond acceptors (Lipinski definition) is 4. The molecule has 31 heavy (non-hydrogen) atoms. The fourth-order valence-corrected chi connectivity index (χ4v) is 4.66. The molecule has 0 spiro atoms. The molecular weight excluding hydrogens is 408 g/mol. The first-order chi connectivity index (χ1) is 15.0. The average Bonchev–Trinajstić information content (AvgIpc) is 3.43. The van der Waals surface area contributed by atoms with Crippen LogP contribution >= 0.6 is 11.6 Å². The van der Waals surface area contributed by atoms with Gasteiger partial charge in [0, 0.05) is 45.0 Å². The Hall–Kier alpha value is -2.76. The number of imidazole rings is 1. The minimum Gasteiger partial charge on any atom is -0.461 e. The van der Waals surface area contributed by atoms with Gasteiger partial charge in [-0.05, 0) is 61.4 Å². The number of halogens is 1. The van der Waals surface area contributed by atoms with Gasteiger partial charge in [-0.15, -0.1) is 0 Å². The summed E-state index contributed by atoms with van der Waals surface area (Å²) in [5.41, 5.74) is 5.29. The van der Waals surface area contributed by atoms with Gasteiger partial charge in [0.15, 0.2) is 11.6 Å². The van der Waals surface area contributed by atoms with Gasteiger partial charge in [0.1, 0.15) is 5.52 Å². The van der Waals surface area contributed by atoms with E-state index < -0.39 is 0 Å². The molecule has 0 bridgehead atoms. The van der Waals surface area contributed by atoms with Crippen LogP contribution in [0.25, 0.3) is 33.7 Å². The summed E-state index contributed by atoms with van der Waals surface area (Å²) in [7, 11) is 1.99. The minimum atomic E-state index is 0.615. The molecule has 0 radical (unpaired) electrons. The lowest BCUT2D eigenvalue weighted by molar-refractivity contribution is 0.209. The molecule has 1 fully saturated rings. The lowest BCUT2D eigenvalue weighted by Gasteiger charge is -2.38. The molecule has 0 N–H and O–H groups in total. The van der Waals surface area contributed by atoms with Gasteiger partial charge < -0.3 is 13.9 Å². The van der Waals surface area contributed by atoms with Crippen LogP contribution in [-0.4, -0.2) is 46.7 Å². The number of rotatable bonds is 4. The van der Waals surface area contributed by atoms with Crippen molar-refractivity contribution in [1.29, 1.82) is 0 Å². The van der Waals surface area contributed by atoms with Gasteiger partial charge >= 0.3 is 0 Å². The molecule has 1 aliphatic heterocycles. The Balaban J connectivity index is 1.43. The molecule has 1 saturated heterocycles. The Bertz CT molecular complexity index is 1190. The molecule has 0 atom stereocenters. The van der Waals surface area contributed by atoms with Crippen LogP contribution in [0.1, 0.15) is 13.8 Å². The Morgan fingerprint density at radius 3 is 2.35 bits per heavy atom. The molecule has 0 amide bonds. The Labute approximate surface area is 187 Å². The van der Waals surface area contributed by atoms with Crippen molar-refractivity contribution in [2.24, 2.45) is 7.05 Å². The normalized spacial score (nSPS) is 15.3. The van der Waals surface area contributed by atoms with Crippen molar-refractivity contribution in [3.8, 4) is 22.7 Å². The van der Waals surface area contributed by atoms with E-state index in [1.807, 2.05) is 29.8 Å². The molecule has 4 aromatic rings. The zero-order chi connectivity index (χ0) is 21.5. The van der Waals surface area contributed by atoms with E-state index in [2.05, 4.69) is 54.0 Å². The third kappa shape index (κ3) is 3.73. The van der Waals surface area contributed by atoms with Gasteiger partial charge in [0.2, 0.25) is 0 Å². The van der Waals surface area contributed by atoms with Crippen LogP contribution in [0, 0.1) is 0 Å². The number of aromatic nitrogens is 2. The van der Waals surface area contributed by atoms with E-state index in [0.29, 0.717) is 11.1 Å². The van der Waals surface area contributed by atoms with Gasteiger partial charge in [0.25, 0.3) is 0 Å². The largest absolute Gasteiger partial charge is 0.461 e. The Kier molecular flexibility index (Phi) is 5.24. The monoisotopic (exact) mass is 434 g/mol. The number of nitrogens with zero attached hydrogens (tertiary/aromatic N) is 4. The van der Waals surface area contributed by atoms with Crippen LogP contribution in [0.2, 0.25) is 5.02 Å². The minimum absolute atomic E-state index is 0.615. The van der Waals surface area contributed by atoms with Crippen LogP contribution in [0.5, 0.6) is 0 Å². The quantitative estimate of drug-likeness (QED) is 0.414. The van der Waals surface area contributed by atoms with Crippen LogP contribution in [0.15, 0.2) is 59.2 Å². The number of benzene rings is 2. The Morgan fingerprint density at radius 2 is 1.71 bits per heavy atom. The lowest BCUT2D eigenvalue weighted by Crippen LogP contribution is -2.48. The van der Waals surface area contributed by atoms with Crippen molar-refractivity contribution >= 4 is 28.3 Å². The highest BCUT2D eigenvalue weighted by Gasteiger charge is 2.19. The van der Waals surface area contributed by atoms with E-state index in [9.17, 15) is 0 Å². The fraction of sp³-hybridized carbons (Fsp3) is 0.320. The predicted octanol–water partition coefficient (Wildman–Crippen LogP) is 5.68. The second kappa shape index (κ2) is 8.06. The molecular formula is C25H27ClN4O. The van der Waals surface area contributed by atoms with Gasteiger partial charge in [0.05, 0.1) is 16.8 Å². The van der Waals surface area contributed by atoms with Gasteiger partial charge in [-0.25, -0.2) is 4.98 Å². The highest BCUT2D eigenvalue weighted by atomic mass is 35.5. The molecule has 5 nitrogen and oxygen atoms in total. The first kappa shape index (κ1) is 20.2. The first-order valence-electron chi connectivity index (χ1n) is 10.8. The average molecular weight is 435 g/mol. The van der Waals surface area contributed by atoms with E-state index in [0.717, 1.165) is 59.9 Å². The standard InChI is InChI=1S/C25H27ClN4O/c1-17(2)29-10-12-30(13-11-29)20-8-6-18(7-9-20)19-15-21(26)24-22(16-19)28(3)25(27-24)23-5-4-14-31-23/h4-9,14-17H,10-13H2,1-3H3. The number of anilines is 1. The van der Waals surface area contributed by atoms with Crippen LogP contribution < -0.4 is 4.90 Å². The third-order valence-electron chi connectivity index (χ3n) is 6.29. The predicted molar refractivity (Wildman–Crippen MR) is 128 cm³/mol. The third-order valence-corrected chi connectivity index (χ3v) is 6.58. The molecule has 0 aliphatic carbocycles. The highest BCUT2D eigenvalue weighted by molar-refractivity contribution is 6.35. The van der Waals surface area contributed by atoms with Gasteiger partial charge in [-0.3, -0.25) is 4.90 Å². The van der Waals surface area contributed by atoms with Crippen molar-refractivity contribution in [2.75, 3.05) is 31.1 Å². The van der Waals surface area contributed by atoms with Gasteiger partial charge in [-0.1, -0.05) is 23.7 Å². The molecule has 0 unspecified atom stereocenters. The zero-order valence-electron chi connectivity index (χ0n) is 18.2. The molecule has 6 heteroatoms. The number of piperazine rings is 1. The van der Waals surface area contributed by atoms with E-state index in [1.54, 1.807) is 6.26 Å². The van der Waals surface area contributed by atoms with Crippen molar-refractivity contribution in [2.45, 2.75) is 19.9 Å². The second-order valence-electron chi connectivity index (χ2n) is 8.46. The summed E-state index contributed by atoms with van der Waals surface area (Å²) in [5.74, 6) is 1.51. The van der Waals surface area contributed by atoms with E-state index in [4.69, 9.17) is 21.0 Å². The lowest BCUT2D eigenvalue weighted by atomic mass is 10.0. The SMILES string of the molecule is CC(C)N1CCN(c2ccc(-c3cc(Cl)c4nc(-c5ccco5)n(C)c4c3)cc2)CC1. The van der Waals surface area contributed by atoms with Crippen molar-refractivity contribution < 1.29 is 4.42 Å². The van der Waals surface area contributed by atoms with Crippen LogP contribution in [0.4, 0.5) is 5.69 Å². The maximum absolute atomic E-state index is 6.63. The summed E-state index contributed by atoms with van der Waals surface area (Å²) < 4.78 is 7.57. The summed E-state index contributed by atoms with van der Waals surface area (Å²) in [6.45, 7) is 8.91. The van der Waals surface area contributed by atoms with Gasteiger partial charge in [-0.2, -0.15) is 0 Å². The summed E-state index contributed by atoms with van der Waals surface area (Å²) in [6, 6.07) is 17.4. The maximum Gasteiger partial charge on any atom is 0.177 e. The second-order valence-corrected chi connectivity index (χ2v) is 8.87. The zero-order valence-corrected chi connectivity index (χ0v) is 18.9. The molecule has 2 aromatic carbocycles. The number of fused-ring (bicyclic) bond motifs is 1. The highest BCUT2D eigenvalue weighted by Crippen LogP contribution is 2.34. The molecule has 2 aromatic heterocycles. The van der Waals surface area contributed by atoms with E-state index in [-0.39, 0.29) is 0 Å². The smallest absolute Gasteiger partial charge is 0.177 e. The van der Waals surface area contributed by atoms with Crippen molar-refractivity contribution in [1.82, 2.24) is 14.5 Å². The van der Waals surface area contributed by atoms with E-state index >= 15 is 0 Å². The van der Waals surface area contributed by atoms with Crippen molar-refractivity contribution in [3.05, 3.63) is 59.8 Å². The summed E-state index contributed by atoms with van der Waals surface area (Å²) in [6.07, 6.45) is 1.66.